The number of halogens is 1. The SMILES string of the molecule is CCOC(=O)C(C)(C)C(O)c1ccc(O)c(F)c1. The minimum absolute atomic E-state index is 0.207. The molecule has 4 nitrogen and oxygen atoms in total. The normalized spacial score (nSPS) is 13.2. The molecule has 0 saturated carbocycles. The average Bonchev–Trinajstić information content (AvgIpc) is 2.32. The molecule has 0 amide bonds. The highest BCUT2D eigenvalue weighted by Gasteiger charge is 2.38. The Morgan fingerprint density at radius 1 is 1.50 bits per heavy atom. The minimum Gasteiger partial charge on any atom is -0.505 e. The van der Waals surface area contributed by atoms with E-state index < -0.39 is 29.1 Å². The van der Waals surface area contributed by atoms with Gasteiger partial charge in [-0.05, 0) is 38.5 Å². The van der Waals surface area contributed by atoms with Gasteiger partial charge in [0.15, 0.2) is 11.6 Å². The number of esters is 1. The summed E-state index contributed by atoms with van der Waals surface area (Å²) in [5.74, 6) is -1.91. The smallest absolute Gasteiger partial charge is 0.314 e. The number of ether oxygens (including phenoxy) is 1. The van der Waals surface area contributed by atoms with Gasteiger partial charge in [0.05, 0.1) is 18.1 Å². The number of aromatic hydroxyl groups is 1. The van der Waals surface area contributed by atoms with Crippen LogP contribution in [0.3, 0.4) is 0 Å². The maximum atomic E-state index is 13.2. The molecule has 1 rings (SSSR count). The van der Waals surface area contributed by atoms with Gasteiger partial charge in [-0.3, -0.25) is 4.79 Å². The fourth-order valence-electron chi connectivity index (χ4n) is 1.54. The number of benzene rings is 1. The van der Waals surface area contributed by atoms with E-state index in [0.29, 0.717) is 0 Å². The number of hydrogen-bond donors (Lipinski definition) is 2. The number of phenolic OH excluding ortho intramolecular Hbond substituents is 1. The predicted molar refractivity (Wildman–Crippen MR) is 63.4 cm³/mol. The maximum Gasteiger partial charge on any atom is 0.314 e. The lowest BCUT2D eigenvalue weighted by atomic mass is 9.82. The molecule has 1 unspecified atom stereocenters. The van der Waals surface area contributed by atoms with E-state index in [2.05, 4.69) is 0 Å². The number of carbonyl (C=O) groups is 1. The Kier molecular flexibility index (Phi) is 4.29. The Morgan fingerprint density at radius 3 is 2.61 bits per heavy atom. The molecule has 0 aliphatic rings. The largest absolute Gasteiger partial charge is 0.505 e. The van der Waals surface area contributed by atoms with E-state index in [9.17, 15) is 14.3 Å². The van der Waals surface area contributed by atoms with Gasteiger partial charge in [-0.2, -0.15) is 0 Å². The molecule has 0 heterocycles. The molecule has 0 saturated heterocycles. The number of carbonyl (C=O) groups excluding carboxylic acids is 1. The molecule has 2 N–H and O–H groups in total. The Hall–Kier alpha value is -1.62. The summed E-state index contributed by atoms with van der Waals surface area (Å²) in [5.41, 5.74) is -0.984. The van der Waals surface area contributed by atoms with E-state index in [1.807, 2.05) is 0 Å². The van der Waals surface area contributed by atoms with Gasteiger partial charge in [0.1, 0.15) is 0 Å². The summed E-state index contributed by atoms with van der Waals surface area (Å²) in [4.78, 5) is 11.7. The lowest BCUT2D eigenvalue weighted by molar-refractivity contribution is -0.160. The van der Waals surface area contributed by atoms with Crippen LogP contribution in [0.5, 0.6) is 5.75 Å². The van der Waals surface area contributed by atoms with Crippen LogP contribution in [-0.4, -0.2) is 22.8 Å². The maximum absolute atomic E-state index is 13.2. The van der Waals surface area contributed by atoms with Crippen LogP contribution in [0, 0.1) is 11.2 Å². The van der Waals surface area contributed by atoms with Crippen molar-refractivity contribution in [3.8, 4) is 5.75 Å². The first-order valence-corrected chi connectivity index (χ1v) is 5.64. The lowest BCUT2D eigenvalue weighted by Gasteiger charge is -2.28. The number of phenols is 1. The van der Waals surface area contributed by atoms with Crippen LogP contribution in [-0.2, 0) is 9.53 Å². The van der Waals surface area contributed by atoms with Crippen molar-refractivity contribution in [2.24, 2.45) is 5.41 Å². The van der Waals surface area contributed by atoms with E-state index in [4.69, 9.17) is 9.84 Å². The molecule has 0 aromatic heterocycles. The molecule has 1 aromatic carbocycles. The molecule has 0 aliphatic carbocycles. The highest BCUT2D eigenvalue weighted by Crippen LogP contribution is 2.35. The van der Waals surface area contributed by atoms with Crippen molar-refractivity contribution in [1.82, 2.24) is 0 Å². The summed E-state index contributed by atoms with van der Waals surface area (Å²) in [6.45, 7) is 4.90. The van der Waals surface area contributed by atoms with E-state index in [-0.39, 0.29) is 12.2 Å². The highest BCUT2D eigenvalue weighted by atomic mass is 19.1. The van der Waals surface area contributed by atoms with E-state index in [0.717, 1.165) is 12.1 Å². The molecule has 1 aromatic rings. The predicted octanol–water partition coefficient (Wildman–Crippen LogP) is 2.15. The van der Waals surface area contributed by atoms with Crippen molar-refractivity contribution >= 4 is 5.97 Å². The average molecular weight is 256 g/mol. The van der Waals surface area contributed by atoms with Gasteiger partial charge < -0.3 is 14.9 Å². The summed E-state index contributed by atoms with van der Waals surface area (Å²) in [5, 5.41) is 19.2. The molecule has 0 aliphatic heterocycles. The monoisotopic (exact) mass is 256 g/mol. The second-order valence-corrected chi connectivity index (χ2v) is 4.56. The first kappa shape index (κ1) is 14.4. The van der Waals surface area contributed by atoms with Crippen LogP contribution in [0.4, 0.5) is 4.39 Å². The lowest BCUT2D eigenvalue weighted by Crippen LogP contribution is -2.33. The van der Waals surface area contributed by atoms with E-state index in [1.165, 1.54) is 19.9 Å². The molecule has 1 atom stereocenters. The summed E-state index contributed by atoms with van der Waals surface area (Å²) < 4.78 is 18.1. The molecule has 0 radical (unpaired) electrons. The second-order valence-electron chi connectivity index (χ2n) is 4.56. The molecule has 100 valence electrons. The molecule has 18 heavy (non-hydrogen) atoms. The number of rotatable bonds is 4. The zero-order chi connectivity index (χ0) is 13.9. The van der Waals surface area contributed by atoms with E-state index >= 15 is 0 Å². The summed E-state index contributed by atoms with van der Waals surface area (Å²) in [6, 6.07) is 3.50. The van der Waals surface area contributed by atoms with Crippen LogP contribution in [0.2, 0.25) is 0 Å². The Bertz CT molecular complexity index is 443. The second kappa shape index (κ2) is 5.35. The number of aliphatic hydroxyl groups is 1. The van der Waals surface area contributed by atoms with Gasteiger partial charge in [0.2, 0.25) is 0 Å². The van der Waals surface area contributed by atoms with Gasteiger partial charge in [0.25, 0.3) is 0 Å². The van der Waals surface area contributed by atoms with Crippen LogP contribution in [0.1, 0.15) is 32.4 Å². The summed E-state index contributed by atoms with van der Waals surface area (Å²) >= 11 is 0. The Morgan fingerprint density at radius 2 is 2.11 bits per heavy atom. The first-order valence-electron chi connectivity index (χ1n) is 5.64. The van der Waals surface area contributed by atoms with Crippen molar-refractivity contribution < 1.29 is 24.1 Å². The third-order valence-corrected chi connectivity index (χ3v) is 2.77. The third kappa shape index (κ3) is 2.79. The summed E-state index contributed by atoms with van der Waals surface area (Å²) in [7, 11) is 0. The molecule has 0 bridgehead atoms. The van der Waals surface area contributed by atoms with Crippen molar-refractivity contribution in [2.45, 2.75) is 26.9 Å². The number of aliphatic hydroxyl groups excluding tert-OH is 1. The minimum atomic E-state index is -1.22. The highest BCUT2D eigenvalue weighted by molar-refractivity contribution is 5.77. The van der Waals surface area contributed by atoms with Gasteiger partial charge in [-0.25, -0.2) is 4.39 Å². The van der Waals surface area contributed by atoms with Gasteiger partial charge in [-0.15, -0.1) is 0 Å². The zero-order valence-corrected chi connectivity index (χ0v) is 10.6. The number of hydrogen-bond acceptors (Lipinski definition) is 4. The Labute approximate surface area is 105 Å². The van der Waals surface area contributed by atoms with Gasteiger partial charge in [-0.1, -0.05) is 6.07 Å². The molecular weight excluding hydrogens is 239 g/mol. The topological polar surface area (TPSA) is 66.8 Å². The molecule has 5 heteroatoms. The van der Waals surface area contributed by atoms with Crippen LogP contribution >= 0.6 is 0 Å². The quantitative estimate of drug-likeness (QED) is 0.810. The van der Waals surface area contributed by atoms with Crippen LogP contribution < -0.4 is 0 Å². The standard InChI is InChI=1S/C13H17FO4/c1-4-18-12(17)13(2,3)11(16)8-5-6-10(15)9(14)7-8/h5-7,11,15-16H,4H2,1-3H3. The third-order valence-electron chi connectivity index (χ3n) is 2.77. The van der Waals surface area contributed by atoms with E-state index in [1.54, 1.807) is 6.92 Å². The fraction of sp³-hybridized carbons (Fsp3) is 0.462. The van der Waals surface area contributed by atoms with Crippen LogP contribution in [0.25, 0.3) is 0 Å². The fourth-order valence-corrected chi connectivity index (χ4v) is 1.54. The Balaban J connectivity index is 3.01. The summed E-state index contributed by atoms with van der Waals surface area (Å²) in [6.07, 6.45) is -1.22. The first-order chi connectivity index (χ1) is 8.30. The van der Waals surface area contributed by atoms with Crippen LogP contribution in [0.15, 0.2) is 18.2 Å². The van der Waals surface area contributed by atoms with Crippen molar-refractivity contribution in [1.29, 1.82) is 0 Å². The van der Waals surface area contributed by atoms with Gasteiger partial charge >= 0.3 is 5.97 Å². The van der Waals surface area contributed by atoms with Gasteiger partial charge in [0, 0.05) is 0 Å². The van der Waals surface area contributed by atoms with Crippen molar-refractivity contribution in [3.05, 3.63) is 29.6 Å². The zero-order valence-electron chi connectivity index (χ0n) is 10.6. The van der Waals surface area contributed by atoms with Crippen molar-refractivity contribution in [2.75, 3.05) is 6.61 Å². The van der Waals surface area contributed by atoms with Crippen molar-refractivity contribution in [3.63, 3.8) is 0 Å². The molecule has 0 spiro atoms. The molecular formula is C13H17FO4. The molecule has 0 fully saturated rings.